The molecule has 0 saturated heterocycles. The number of aromatic carboxylic acids is 1. The molecule has 1 aliphatic heterocycles. The molecule has 1 aliphatic rings. The van der Waals surface area contributed by atoms with E-state index in [9.17, 15) is 9.59 Å². The highest BCUT2D eigenvalue weighted by atomic mass is 35.5. The normalized spacial score (nSPS) is 16.7. The molecule has 0 bridgehead atoms. The van der Waals surface area contributed by atoms with Crippen LogP contribution in [0.5, 0.6) is 5.75 Å². The molecule has 1 atom stereocenters. The number of carboxylic acid groups (broad SMARTS) is 1. The fraction of sp³-hybridized carbons (Fsp3) is 0.176. The minimum absolute atomic E-state index is 0.119. The highest BCUT2D eigenvalue weighted by Crippen LogP contribution is 2.36. The van der Waals surface area contributed by atoms with E-state index in [1.54, 1.807) is 30.0 Å². The van der Waals surface area contributed by atoms with Gasteiger partial charge in [-0.3, -0.25) is 4.79 Å². The third-order valence-corrected chi connectivity index (χ3v) is 3.88. The van der Waals surface area contributed by atoms with Crippen molar-refractivity contribution < 1.29 is 19.4 Å². The number of anilines is 1. The maximum atomic E-state index is 12.4. The van der Waals surface area contributed by atoms with E-state index in [-0.39, 0.29) is 11.5 Å². The van der Waals surface area contributed by atoms with Crippen molar-refractivity contribution in [1.82, 2.24) is 0 Å². The topological polar surface area (TPSA) is 66.8 Å². The summed E-state index contributed by atoms with van der Waals surface area (Å²) in [5, 5.41) is 9.68. The fourth-order valence-electron chi connectivity index (χ4n) is 2.52. The summed E-state index contributed by atoms with van der Waals surface area (Å²) in [6.45, 7) is 1.98. The Morgan fingerprint density at radius 1 is 1.30 bits per heavy atom. The monoisotopic (exact) mass is 331 g/mol. The Hall–Kier alpha value is -2.53. The van der Waals surface area contributed by atoms with Gasteiger partial charge in [-0.05, 0) is 42.8 Å². The first-order valence-corrected chi connectivity index (χ1v) is 7.43. The van der Waals surface area contributed by atoms with Gasteiger partial charge >= 0.3 is 5.97 Å². The predicted molar refractivity (Wildman–Crippen MR) is 86.1 cm³/mol. The average molecular weight is 332 g/mol. The lowest BCUT2D eigenvalue weighted by Gasteiger charge is -2.33. The van der Waals surface area contributed by atoms with Gasteiger partial charge in [0, 0.05) is 5.02 Å². The van der Waals surface area contributed by atoms with Crippen LogP contribution in [-0.4, -0.2) is 23.1 Å². The molecule has 0 saturated carbocycles. The van der Waals surface area contributed by atoms with Gasteiger partial charge in [0.15, 0.2) is 6.10 Å². The van der Waals surface area contributed by atoms with Crippen molar-refractivity contribution >= 4 is 29.2 Å². The Bertz CT molecular complexity index is 790. The van der Waals surface area contributed by atoms with Gasteiger partial charge in [-0.1, -0.05) is 23.7 Å². The third kappa shape index (κ3) is 3.00. The molecule has 118 valence electrons. The number of carboxylic acids is 1. The molecular weight excluding hydrogens is 318 g/mol. The van der Waals surface area contributed by atoms with Crippen LogP contribution in [-0.2, 0) is 11.3 Å². The van der Waals surface area contributed by atoms with Crippen LogP contribution in [0.25, 0.3) is 0 Å². The van der Waals surface area contributed by atoms with E-state index in [1.165, 1.54) is 12.1 Å². The molecule has 0 aromatic heterocycles. The molecule has 23 heavy (non-hydrogen) atoms. The van der Waals surface area contributed by atoms with Gasteiger partial charge < -0.3 is 14.7 Å². The summed E-state index contributed by atoms with van der Waals surface area (Å²) in [5.41, 5.74) is 1.55. The largest absolute Gasteiger partial charge is 0.479 e. The quantitative estimate of drug-likeness (QED) is 0.936. The molecular formula is C17H14ClNO4. The Morgan fingerprint density at radius 3 is 2.78 bits per heavy atom. The summed E-state index contributed by atoms with van der Waals surface area (Å²) in [7, 11) is 0. The molecule has 0 fully saturated rings. The van der Waals surface area contributed by atoms with Gasteiger partial charge in [-0.25, -0.2) is 4.79 Å². The molecule has 1 amide bonds. The van der Waals surface area contributed by atoms with Crippen LogP contribution in [0.4, 0.5) is 5.69 Å². The average Bonchev–Trinajstić information content (AvgIpc) is 2.51. The van der Waals surface area contributed by atoms with E-state index in [0.29, 0.717) is 23.0 Å². The first-order valence-electron chi connectivity index (χ1n) is 7.05. The maximum Gasteiger partial charge on any atom is 0.335 e. The summed E-state index contributed by atoms with van der Waals surface area (Å²) in [6.07, 6.45) is -0.675. The number of fused-ring (bicyclic) bond motifs is 1. The third-order valence-electron chi connectivity index (χ3n) is 3.64. The lowest BCUT2D eigenvalue weighted by molar-refractivity contribution is -0.125. The Balaban J connectivity index is 2.00. The van der Waals surface area contributed by atoms with Gasteiger partial charge in [0.25, 0.3) is 5.91 Å². The van der Waals surface area contributed by atoms with E-state index in [0.717, 1.165) is 5.56 Å². The van der Waals surface area contributed by atoms with Crippen LogP contribution >= 0.6 is 11.6 Å². The number of carbonyl (C=O) groups excluding carboxylic acids is 1. The molecule has 1 unspecified atom stereocenters. The van der Waals surface area contributed by atoms with E-state index in [4.69, 9.17) is 21.4 Å². The molecule has 2 aromatic carbocycles. The smallest absolute Gasteiger partial charge is 0.335 e. The second-order valence-corrected chi connectivity index (χ2v) is 5.74. The number of hydrogen-bond donors (Lipinski definition) is 1. The second kappa shape index (κ2) is 5.93. The summed E-state index contributed by atoms with van der Waals surface area (Å²) in [6, 6.07) is 11.7. The van der Waals surface area contributed by atoms with Crippen LogP contribution in [0.1, 0.15) is 22.8 Å². The van der Waals surface area contributed by atoms with Crippen LogP contribution in [0.3, 0.4) is 0 Å². The molecule has 1 heterocycles. The van der Waals surface area contributed by atoms with Crippen LogP contribution in [0, 0.1) is 0 Å². The number of rotatable bonds is 3. The zero-order valence-electron chi connectivity index (χ0n) is 12.3. The molecule has 3 rings (SSSR count). The molecule has 2 aromatic rings. The number of nitrogens with zero attached hydrogens (tertiary/aromatic N) is 1. The van der Waals surface area contributed by atoms with Crippen molar-refractivity contribution in [3.8, 4) is 5.75 Å². The lowest BCUT2D eigenvalue weighted by atomic mass is 10.1. The SMILES string of the molecule is CC1Oc2cc(C(=O)O)ccc2N(Cc2cccc(Cl)c2)C1=O. The second-order valence-electron chi connectivity index (χ2n) is 5.30. The maximum absolute atomic E-state index is 12.4. The highest BCUT2D eigenvalue weighted by molar-refractivity contribution is 6.30. The molecule has 6 heteroatoms. The zero-order valence-corrected chi connectivity index (χ0v) is 13.1. The zero-order chi connectivity index (χ0) is 16.6. The number of amides is 1. The number of carbonyl (C=O) groups is 2. The first kappa shape index (κ1) is 15.4. The van der Waals surface area contributed by atoms with Gasteiger partial charge in [0.1, 0.15) is 5.75 Å². The van der Waals surface area contributed by atoms with Crippen molar-refractivity contribution in [2.45, 2.75) is 19.6 Å². The number of benzene rings is 2. The van der Waals surface area contributed by atoms with Crippen molar-refractivity contribution in [3.05, 3.63) is 58.6 Å². The molecule has 5 nitrogen and oxygen atoms in total. The van der Waals surface area contributed by atoms with Crippen molar-refractivity contribution in [3.63, 3.8) is 0 Å². The summed E-state index contributed by atoms with van der Waals surface area (Å²) < 4.78 is 5.55. The van der Waals surface area contributed by atoms with Gasteiger partial charge in [0.05, 0.1) is 17.8 Å². The molecule has 0 radical (unpaired) electrons. The predicted octanol–water partition coefficient (Wildman–Crippen LogP) is 3.35. The highest BCUT2D eigenvalue weighted by Gasteiger charge is 2.32. The summed E-state index contributed by atoms with van der Waals surface area (Å²) >= 11 is 5.99. The van der Waals surface area contributed by atoms with Gasteiger partial charge in [-0.2, -0.15) is 0 Å². The van der Waals surface area contributed by atoms with Crippen LogP contribution < -0.4 is 9.64 Å². The molecule has 0 spiro atoms. The van der Waals surface area contributed by atoms with Gasteiger partial charge in [0.2, 0.25) is 0 Å². The van der Waals surface area contributed by atoms with Crippen molar-refractivity contribution in [1.29, 1.82) is 0 Å². The first-order chi connectivity index (χ1) is 11.0. The summed E-state index contributed by atoms with van der Waals surface area (Å²) in [5.74, 6) is -0.832. The number of halogens is 1. The van der Waals surface area contributed by atoms with Crippen molar-refractivity contribution in [2.24, 2.45) is 0 Å². The molecule has 0 aliphatic carbocycles. The van der Waals surface area contributed by atoms with E-state index in [1.807, 2.05) is 12.1 Å². The summed E-state index contributed by atoms with van der Waals surface area (Å²) in [4.78, 5) is 25.1. The standard InChI is InChI=1S/C17H14ClNO4/c1-10-16(20)19(9-11-3-2-4-13(18)7-11)14-6-5-12(17(21)22)8-15(14)23-10/h2-8,10H,9H2,1H3,(H,21,22). The van der Waals surface area contributed by atoms with Crippen molar-refractivity contribution in [2.75, 3.05) is 4.90 Å². The number of ether oxygens (including phenoxy) is 1. The van der Waals surface area contributed by atoms with Gasteiger partial charge in [-0.15, -0.1) is 0 Å². The minimum atomic E-state index is -1.04. The fourth-order valence-corrected chi connectivity index (χ4v) is 2.74. The molecule has 1 N–H and O–H groups in total. The Morgan fingerprint density at radius 2 is 2.09 bits per heavy atom. The Kier molecular flexibility index (Phi) is 3.96. The van der Waals surface area contributed by atoms with Crippen LogP contribution in [0.15, 0.2) is 42.5 Å². The minimum Gasteiger partial charge on any atom is -0.479 e. The van der Waals surface area contributed by atoms with Crippen LogP contribution in [0.2, 0.25) is 5.02 Å². The Labute approximate surface area is 138 Å². The van der Waals surface area contributed by atoms with E-state index in [2.05, 4.69) is 0 Å². The lowest BCUT2D eigenvalue weighted by Crippen LogP contribution is -2.44. The number of hydrogen-bond acceptors (Lipinski definition) is 3. The van der Waals surface area contributed by atoms with E-state index < -0.39 is 12.1 Å². The van der Waals surface area contributed by atoms with E-state index >= 15 is 0 Å².